The Labute approximate surface area is 193 Å². The van der Waals surface area contributed by atoms with Crippen LogP contribution in [0.15, 0.2) is 79.1 Å². The molecular formula is C24H26N4O4S. The molecule has 0 atom stereocenters. The van der Waals surface area contributed by atoms with E-state index in [-0.39, 0.29) is 24.8 Å². The molecule has 0 bridgehead atoms. The lowest BCUT2D eigenvalue weighted by atomic mass is 10.1. The highest BCUT2D eigenvalue weighted by atomic mass is 32.2. The zero-order chi connectivity index (χ0) is 23.7. The van der Waals surface area contributed by atoms with Gasteiger partial charge in [0.05, 0.1) is 23.2 Å². The maximum Gasteiger partial charge on any atom is 0.253 e. The summed E-state index contributed by atoms with van der Waals surface area (Å²) in [5.74, 6) is -0.619. The van der Waals surface area contributed by atoms with Crippen LogP contribution in [0.5, 0.6) is 0 Å². The Balaban J connectivity index is 1.57. The van der Waals surface area contributed by atoms with Crippen LogP contribution in [-0.4, -0.2) is 38.0 Å². The van der Waals surface area contributed by atoms with Crippen molar-refractivity contribution in [2.75, 3.05) is 22.4 Å². The maximum atomic E-state index is 12.6. The van der Waals surface area contributed by atoms with Gasteiger partial charge in [0.2, 0.25) is 15.9 Å². The van der Waals surface area contributed by atoms with E-state index in [4.69, 9.17) is 0 Å². The number of nitrogens with one attached hydrogen (secondary N) is 2. The van der Waals surface area contributed by atoms with Crippen LogP contribution in [0.4, 0.5) is 11.4 Å². The molecule has 3 aromatic rings. The van der Waals surface area contributed by atoms with Crippen molar-refractivity contribution in [1.29, 1.82) is 0 Å². The molecule has 2 amide bonds. The Morgan fingerprint density at radius 1 is 0.970 bits per heavy atom. The van der Waals surface area contributed by atoms with Gasteiger partial charge < -0.3 is 10.6 Å². The van der Waals surface area contributed by atoms with Gasteiger partial charge in [-0.2, -0.15) is 0 Å². The third-order valence-electron chi connectivity index (χ3n) is 4.83. The van der Waals surface area contributed by atoms with Gasteiger partial charge in [-0.15, -0.1) is 0 Å². The van der Waals surface area contributed by atoms with Gasteiger partial charge in [0, 0.05) is 31.9 Å². The lowest BCUT2D eigenvalue weighted by Crippen LogP contribution is -2.31. The molecule has 0 aliphatic rings. The number of amides is 2. The van der Waals surface area contributed by atoms with Crippen molar-refractivity contribution in [3.05, 3.63) is 90.3 Å². The van der Waals surface area contributed by atoms with Crippen molar-refractivity contribution in [3.8, 4) is 0 Å². The molecule has 8 nitrogen and oxygen atoms in total. The van der Waals surface area contributed by atoms with Gasteiger partial charge in [-0.3, -0.25) is 18.9 Å². The van der Waals surface area contributed by atoms with Crippen LogP contribution < -0.4 is 14.9 Å². The molecule has 1 heterocycles. The highest BCUT2D eigenvalue weighted by molar-refractivity contribution is 7.92. The van der Waals surface area contributed by atoms with Crippen molar-refractivity contribution in [3.63, 3.8) is 0 Å². The third kappa shape index (κ3) is 7.15. The molecular weight excluding hydrogens is 440 g/mol. The molecule has 3 rings (SSSR count). The van der Waals surface area contributed by atoms with Crippen LogP contribution in [0.25, 0.3) is 0 Å². The highest BCUT2D eigenvalue weighted by Gasteiger charge is 2.18. The molecule has 0 radical (unpaired) electrons. The lowest BCUT2D eigenvalue weighted by molar-refractivity contribution is -0.116. The number of para-hydroxylation sites is 2. The molecule has 172 valence electrons. The fourth-order valence-electron chi connectivity index (χ4n) is 3.25. The molecule has 9 heteroatoms. The van der Waals surface area contributed by atoms with E-state index in [0.717, 1.165) is 11.8 Å². The van der Waals surface area contributed by atoms with E-state index >= 15 is 0 Å². The van der Waals surface area contributed by atoms with E-state index in [1.807, 2.05) is 12.1 Å². The van der Waals surface area contributed by atoms with E-state index in [1.54, 1.807) is 67.0 Å². The van der Waals surface area contributed by atoms with E-state index in [1.165, 1.54) is 4.31 Å². The first kappa shape index (κ1) is 23.9. The molecule has 0 saturated carbocycles. The predicted octanol–water partition coefficient (Wildman–Crippen LogP) is 3.20. The predicted molar refractivity (Wildman–Crippen MR) is 128 cm³/mol. The second-order valence-electron chi connectivity index (χ2n) is 7.41. The average Bonchev–Trinajstić information content (AvgIpc) is 2.81. The zero-order valence-electron chi connectivity index (χ0n) is 18.3. The second kappa shape index (κ2) is 11.2. The summed E-state index contributed by atoms with van der Waals surface area (Å²) in [7, 11) is -3.48. The minimum Gasteiger partial charge on any atom is -0.348 e. The number of nitrogens with zero attached hydrogens (tertiary/aromatic N) is 2. The van der Waals surface area contributed by atoms with Crippen LogP contribution >= 0.6 is 0 Å². The summed E-state index contributed by atoms with van der Waals surface area (Å²) in [5.41, 5.74) is 2.16. The highest BCUT2D eigenvalue weighted by Crippen LogP contribution is 2.19. The fourth-order valence-corrected chi connectivity index (χ4v) is 4.21. The second-order valence-corrected chi connectivity index (χ2v) is 9.32. The fraction of sp³-hybridized carbons (Fsp3) is 0.208. The quantitative estimate of drug-likeness (QED) is 0.477. The van der Waals surface area contributed by atoms with E-state index in [0.29, 0.717) is 29.9 Å². The lowest BCUT2D eigenvalue weighted by Gasteiger charge is -2.22. The van der Waals surface area contributed by atoms with Gasteiger partial charge in [-0.1, -0.05) is 36.4 Å². The summed E-state index contributed by atoms with van der Waals surface area (Å²) in [6, 6.07) is 19.1. The van der Waals surface area contributed by atoms with E-state index in [9.17, 15) is 18.0 Å². The van der Waals surface area contributed by atoms with E-state index in [2.05, 4.69) is 15.6 Å². The number of anilines is 2. The van der Waals surface area contributed by atoms with Crippen molar-refractivity contribution >= 4 is 33.2 Å². The average molecular weight is 467 g/mol. The standard InChI is InChI=1S/C24H26N4O4S/c1-33(31,32)28(20-10-3-2-4-11-20)16-8-14-23(29)27-22-13-6-5-12-21(22)24(30)26-18-19-9-7-15-25-17-19/h2-7,9-13,15,17H,8,14,16,18H2,1H3,(H,26,30)(H,27,29). The monoisotopic (exact) mass is 466 g/mol. The van der Waals surface area contributed by atoms with Crippen LogP contribution in [-0.2, 0) is 21.4 Å². The van der Waals surface area contributed by atoms with Crippen molar-refractivity contribution in [2.24, 2.45) is 0 Å². The molecule has 2 aromatic carbocycles. The normalized spacial score (nSPS) is 10.9. The molecule has 0 saturated heterocycles. The summed E-state index contributed by atoms with van der Waals surface area (Å²) < 4.78 is 25.6. The molecule has 0 spiro atoms. The maximum absolute atomic E-state index is 12.6. The topological polar surface area (TPSA) is 108 Å². The summed E-state index contributed by atoms with van der Waals surface area (Å²) in [6.07, 6.45) is 4.89. The van der Waals surface area contributed by atoms with Gasteiger partial charge in [0.15, 0.2) is 0 Å². The number of pyridine rings is 1. The minimum absolute atomic E-state index is 0.102. The smallest absolute Gasteiger partial charge is 0.253 e. The summed E-state index contributed by atoms with van der Waals surface area (Å²) in [6.45, 7) is 0.485. The Kier molecular flexibility index (Phi) is 8.15. The van der Waals surface area contributed by atoms with E-state index < -0.39 is 10.0 Å². The Morgan fingerprint density at radius 2 is 1.70 bits per heavy atom. The van der Waals surface area contributed by atoms with Crippen molar-refractivity contribution < 1.29 is 18.0 Å². The molecule has 0 unspecified atom stereocenters. The van der Waals surface area contributed by atoms with Crippen molar-refractivity contribution in [1.82, 2.24) is 10.3 Å². The summed E-state index contributed by atoms with van der Waals surface area (Å²) >= 11 is 0. The summed E-state index contributed by atoms with van der Waals surface area (Å²) in [4.78, 5) is 29.2. The number of hydrogen-bond acceptors (Lipinski definition) is 5. The number of rotatable bonds is 10. The Morgan fingerprint density at radius 3 is 2.39 bits per heavy atom. The molecule has 0 aliphatic heterocycles. The zero-order valence-corrected chi connectivity index (χ0v) is 19.1. The van der Waals surface area contributed by atoms with Crippen LogP contribution in [0, 0.1) is 0 Å². The number of hydrogen-bond donors (Lipinski definition) is 2. The van der Waals surface area contributed by atoms with Crippen LogP contribution in [0.3, 0.4) is 0 Å². The molecule has 0 fully saturated rings. The Bertz CT molecular complexity index is 1190. The van der Waals surface area contributed by atoms with Crippen LogP contribution in [0.1, 0.15) is 28.8 Å². The molecule has 1 aromatic heterocycles. The first-order valence-electron chi connectivity index (χ1n) is 10.4. The van der Waals surface area contributed by atoms with Gasteiger partial charge in [-0.05, 0) is 42.3 Å². The van der Waals surface area contributed by atoms with Gasteiger partial charge in [0.25, 0.3) is 5.91 Å². The minimum atomic E-state index is -3.48. The number of aromatic nitrogens is 1. The number of benzene rings is 2. The van der Waals surface area contributed by atoms with Gasteiger partial charge in [0.1, 0.15) is 0 Å². The molecule has 0 aliphatic carbocycles. The van der Waals surface area contributed by atoms with Crippen LogP contribution in [0.2, 0.25) is 0 Å². The molecule has 2 N–H and O–H groups in total. The third-order valence-corrected chi connectivity index (χ3v) is 6.03. The van der Waals surface area contributed by atoms with Crippen molar-refractivity contribution in [2.45, 2.75) is 19.4 Å². The SMILES string of the molecule is CS(=O)(=O)N(CCCC(=O)Nc1ccccc1C(=O)NCc1cccnc1)c1ccccc1. The van der Waals surface area contributed by atoms with Gasteiger partial charge in [-0.25, -0.2) is 8.42 Å². The van der Waals surface area contributed by atoms with Gasteiger partial charge >= 0.3 is 0 Å². The number of sulfonamides is 1. The molecule has 33 heavy (non-hydrogen) atoms. The summed E-state index contributed by atoms with van der Waals surface area (Å²) in [5, 5.41) is 5.58. The number of carbonyl (C=O) groups is 2. The first-order valence-corrected chi connectivity index (χ1v) is 12.3. The Hall–Kier alpha value is -3.72. The number of carbonyl (C=O) groups excluding carboxylic acids is 2. The first-order chi connectivity index (χ1) is 15.8. The largest absolute Gasteiger partial charge is 0.348 e.